The summed E-state index contributed by atoms with van der Waals surface area (Å²) in [6.45, 7) is 3.13. The lowest BCUT2D eigenvalue weighted by Gasteiger charge is -2.08. The van der Waals surface area contributed by atoms with E-state index in [-0.39, 0.29) is 0 Å². The molecule has 0 unspecified atom stereocenters. The van der Waals surface area contributed by atoms with E-state index in [1.807, 2.05) is 6.07 Å². The molecule has 40 heavy (non-hydrogen) atoms. The number of aromatic nitrogens is 2. The van der Waals surface area contributed by atoms with E-state index >= 15 is 0 Å². The van der Waals surface area contributed by atoms with Gasteiger partial charge in [-0.3, -0.25) is 0 Å². The minimum absolute atomic E-state index is 0.628. The third-order valence-electron chi connectivity index (χ3n) is 7.97. The molecule has 0 fully saturated rings. The molecule has 2 nitrogen and oxygen atoms in total. The molecule has 0 aliphatic rings. The van der Waals surface area contributed by atoms with Crippen LogP contribution >= 0.6 is 22.6 Å². The Kier molecular flexibility index (Phi) is 9.34. The van der Waals surface area contributed by atoms with E-state index in [4.69, 9.17) is 0 Å². The molecule has 0 spiro atoms. The van der Waals surface area contributed by atoms with E-state index in [1.165, 1.54) is 80.7 Å². The zero-order chi connectivity index (χ0) is 28.1. The van der Waals surface area contributed by atoms with Gasteiger partial charge in [0.15, 0.2) is 11.0 Å². The number of rotatable bonds is 12. The van der Waals surface area contributed by atoms with Crippen molar-refractivity contribution in [3.63, 3.8) is 0 Å². The minimum Gasteiger partial charge on any atom is -0.217 e. The Morgan fingerprint density at radius 3 is 1.73 bits per heavy atom. The summed E-state index contributed by atoms with van der Waals surface area (Å²) in [6, 6.07) is 22.4. The molecule has 4 aromatic carbocycles. The van der Waals surface area contributed by atoms with E-state index in [9.17, 15) is 13.2 Å². The average molecular weight is 658 g/mol. The van der Waals surface area contributed by atoms with Crippen LogP contribution in [0, 0.1) is 3.83 Å². The Bertz CT molecular complexity index is 1590. The number of aryl methyl sites for hydroxylation is 1. The van der Waals surface area contributed by atoms with E-state index in [1.54, 1.807) is 12.1 Å². The molecule has 5 aromatic rings. The Hall–Kier alpha value is -2.61. The maximum Gasteiger partial charge on any atom is 0.416 e. The third-order valence-corrected chi connectivity index (χ3v) is 9.03. The maximum absolute atomic E-state index is 13.3. The van der Waals surface area contributed by atoms with E-state index in [0.29, 0.717) is 0 Å². The zero-order valence-electron chi connectivity index (χ0n) is 23.1. The second kappa shape index (κ2) is 12.9. The molecule has 0 radical (unpaired) electrons. The third kappa shape index (κ3) is 6.02. The number of imidazole rings is 1. The predicted octanol–water partition coefficient (Wildman–Crippen LogP) is 10.8. The van der Waals surface area contributed by atoms with Crippen LogP contribution < -0.4 is 4.57 Å². The highest BCUT2D eigenvalue weighted by atomic mass is 127. The van der Waals surface area contributed by atoms with Crippen LogP contribution in [0.15, 0.2) is 72.8 Å². The van der Waals surface area contributed by atoms with Crippen LogP contribution in [-0.4, -0.2) is 4.57 Å². The molecular weight excluding hydrogens is 620 g/mol. The molecule has 5 rings (SSSR count). The molecule has 0 atom stereocenters. The first kappa shape index (κ1) is 28.9. The summed E-state index contributed by atoms with van der Waals surface area (Å²) in [5.74, 6) is 0. The van der Waals surface area contributed by atoms with Crippen molar-refractivity contribution in [3.8, 4) is 5.69 Å². The van der Waals surface area contributed by atoms with Gasteiger partial charge in [-0.25, -0.2) is 4.57 Å². The number of benzene rings is 4. The fraction of sp³-hybridized carbons (Fsp3) is 0.382. The molecule has 0 saturated heterocycles. The van der Waals surface area contributed by atoms with Crippen molar-refractivity contribution >= 4 is 55.2 Å². The number of halogens is 4. The molecule has 210 valence electrons. The summed E-state index contributed by atoms with van der Waals surface area (Å²) in [7, 11) is 0. The number of hydrogen-bond acceptors (Lipinski definition) is 0. The predicted molar refractivity (Wildman–Crippen MR) is 168 cm³/mol. The summed E-state index contributed by atoms with van der Waals surface area (Å²) >= 11 is 2.38. The first-order chi connectivity index (χ1) is 19.4. The second-order valence-corrected chi connectivity index (χ2v) is 11.7. The Morgan fingerprint density at radius 2 is 1.15 bits per heavy atom. The SMILES string of the molecule is CCCCCCCCCCCC[n+]1c(I)n(-c2ccc(C(F)(F)F)cc2)c2c3ccccc3c3ccccc3c21. The van der Waals surface area contributed by atoms with Gasteiger partial charge >= 0.3 is 10.0 Å². The smallest absolute Gasteiger partial charge is 0.217 e. The molecule has 1 aromatic heterocycles. The van der Waals surface area contributed by atoms with Gasteiger partial charge in [0.05, 0.1) is 34.7 Å². The molecule has 0 aliphatic carbocycles. The lowest BCUT2D eigenvalue weighted by atomic mass is 9.99. The zero-order valence-corrected chi connectivity index (χ0v) is 25.3. The van der Waals surface area contributed by atoms with Crippen molar-refractivity contribution in [3.05, 3.63) is 82.2 Å². The maximum atomic E-state index is 13.3. The van der Waals surface area contributed by atoms with E-state index in [2.05, 4.69) is 81.1 Å². The van der Waals surface area contributed by atoms with Crippen LogP contribution in [0.1, 0.15) is 76.7 Å². The van der Waals surface area contributed by atoms with Crippen molar-refractivity contribution in [1.29, 1.82) is 0 Å². The van der Waals surface area contributed by atoms with Gasteiger partial charge in [0.1, 0.15) is 5.69 Å². The highest BCUT2D eigenvalue weighted by molar-refractivity contribution is 14.1. The van der Waals surface area contributed by atoms with Gasteiger partial charge in [0, 0.05) is 10.8 Å². The number of nitrogens with zero attached hydrogens (tertiary/aromatic N) is 2. The molecule has 0 amide bonds. The normalized spacial score (nSPS) is 12.2. The number of alkyl halides is 3. The number of fused-ring (bicyclic) bond motifs is 6. The van der Waals surface area contributed by atoms with Crippen LogP contribution in [0.5, 0.6) is 0 Å². The summed E-state index contributed by atoms with van der Waals surface area (Å²) in [5, 5.41) is 4.63. The Balaban J connectivity index is 1.51. The van der Waals surface area contributed by atoms with E-state index < -0.39 is 11.7 Å². The van der Waals surface area contributed by atoms with E-state index in [0.717, 1.165) is 44.3 Å². The lowest BCUT2D eigenvalue weighted by Crippen LogP contribution is -2.37. The van der Waals surface area contributed by atoms with Crippen molar-refractivity contribution in [2.45, 2.75) is 83.9 Å². The monoisotopic (exact) mass is 657 g/mol. The van der Waals surface area contributed by atoms with Crippen LogP contribution in [-0.2, 0) is 12.7 Å². The molecule has 6 heteroatoms. The summed E-state index contributed by atoms with van der Waals surface area (Å²) in [4.78, 5) is 0. The van der Waals surface area contributed by atoms with Crippen molar-refractivity contribution in [2.75, 3.05) is 0 Å². The molecule has 1 heterocycles. The topological polar surface area (TPSA) is 8.81 Å². The molecule has 0 bridgehead atoms. The van der Waals surface area contributed by atoms with Gasteiger partial charge in [-0.1, -0.05) is 94.7 Å². The van der Waals surface area contributed by atoms with Crippen LogP contribution in [0.3, 0.4) is 0 Å². The molecule has 0 N–H and O–H groups in total. The van der Waals surface area contributed by atoms with Gasteiger partial charge in [-0.05, 0) is 60.0 Å². The summed E-state index contributed by atoms with van der Waals surface area (Å²) < 4.78 is 45.6. The molecule has 0 saturated carbocycles. The number of unbranched alkanes of at least 4 members (excludes halogenated alkanes) is 9. The summed E-state index contributed by atoms with van der Waals surface area (Å²) in [5.41, 5.74) is 2.31. The van der Waals surface area contributed by atoms with Crippen molar-refractivity contribution < 1.29 is 17.7 Å². The largest absolute Gasteiger partial charge is 0.416 e. The molecular formula is C34H37F3IN2+. The number of hydrogen-bond donors (Lipinski definition) is 0. The second-order valence-electron chi connectivity index (χ2n) is 10.8. The quantitative estimate of drug-likeness (QED) is 0.0547. The average Bonchev–Trinajstić information content (AvgIpc) is 3.26. The van der Waals surface area contributed by atoms with Gasteiger partial charge in [-0.2, -0.15) is 17.7 Å². The van der Waals surface area contributed by atoms with Gasteiger partial charge in [0.2, 0.25) is 0 Å². The van der Waals surface area contributed by atoms with Crippen LogP contribution in [0.25, 0.3) is 38.3 Å². The fourth-order valence-electron chi connectivity index (χ4n) is 5.91. The molecule has 0 aliphatic heterocycles. The first-order valence-corrected chi connectivity index (χ1v) is 15.7. The minimum atomic E-state index is -4.36. The van der Waals surface area contributed by atoms with Crippen molar-refractivity contribution in [2.24, 2.45) is 0 Å². The summed E-state index contributed by atoms with van der Waals surface area (Å²) in [6.07, 6.45) is 8.43. The van der Waals surface area contributed by atoms with Crippen molar-refractivity contribution in [1.82, 2.24) is 4.57 Å². The van der Waals surface area contributed by atoms with Gasteiger partial charge < -0.3 is 0 Å². The Morgan fingerprint density at radius 1 is 0.650 bits per heavy atom. The first-order valence-electron chi connectivity index (χ1n) is 14.6. The van der Waals surface area contributed by atoms with Crippen LogP contribution in [0.2, 0.25) is 0 Å². The van der Waals surface area contributed by atoms with Gasteiger partial charge in [0.25, 0.3) is 0 Å². The van der Waals surface area contributed by atoms with Crippen LogP contribution in [0.4, 0.5) is 13.2 Å². The Labute approximate surface area is 248 Å². The van der Waals surface area contributed by atoms with Gasteiger partial charge in [-0.15, -0.1) is 0 Å². The highest BCUT2D eigenvalue weighted by Gasteiger charge is 2.32. The highest BCUT2D eigenvalue weighted by Crippen LogP contribution is 2.37. The fourth-order valence-corrected chi connectivity index (χ4v) is 6.91. The standard InChI is InChI=1S/C34H37F3IN2/c1-2-3-4-5-6-7-8-9-10-15-24-39-31-29-18-13-11-16-27(29)28-17-12-14-19-30(28)32(31)40(33(39)38)26-22-20-25(21-23-26)34(35,36)37/h11-14,16-23H,2-10,15,24H2,1H3/q+1. The lowest BCUT2D eigenvalue weighted by molar-refractivity contribution is -0.684.